The molecule has 0 fully saturated rings. The Hall–Kier alpha value is -0.570. The van der Waals surface area contributed by atoms with Crippen LogP contribution in [0.3, 0.4) is 0 Å². The molecule has 1 amide bonds. The molecule has 3 heteroatoms. The van der Waals surface area contributed by atoms with E-state index >= 15 is 0 Å². The van der Waals surface area contributed by atoms with Gasteiger partial charge in [-0.25, -0.2) is 5.84 Å². The van der Waals surface area contributed by atoms with Gasteiger partial charge in [0.1, 0.15) is 0 Å². The Morgan fingerprint density at radius 1 is 1.75 bits per heavy atom. The molecule has 0 spiro atoms. The largest absolute Gasteiger partial charge is 0.294 e. The van der Waals surface area contributed by atoms with E-state index in [9.17, 15) is 4.79 Å². The molecule has 0 bridgehead atoms. The highest BCUT2D eigenvalue weighted by molar-refractivity contribution is 5.74. The van der Waals surface area contributed by atoms with Crippen LogP contribution in [0.5, 0.6) is 0 Å². The maximum absolute atomic E-state index is 10.3. The normalized spacial score (nSPS) is 8.75. The summed E-state index contributed by atoms with van der Waals surface area (Å²) in [5, 5.41) is 0. The summed E-state index contributed by atoms with van der Waals surface area (Å²) in [4.78, 5) is 10.3. The Bertz CT molecular complexity index is 72.8. The molecular formula is C5H12N2O. The fourth-order valence-corrected chi connectivity index (χ4v) is 0.410. The van der Waals surface area contributed by atoms with Gasteiger partial charge in [-0.2, -0.15) is 0 Å². The summed E-state index contributed by atoms with van der Waals surface area (Å²) in [7, 11) is 0. The number of hydrazine groups is 1. The van der Waals surface area contributed by atoms with Crippen molar-refractivity contribution in [3.63, 3.8) is 0 Å². The highest BCUT2D eigenvalue weighted by Crippen LogP contribution is 1.91. The summed E-state index contributed by atoms with van der Waals surface area (Å²) in [6, 6.07) is 0. The number of nitrogens with one attached hydrogen (secondary N) is 1. The van der Waals surface area contributed by atoms with Crippen LogP contribution in [0.1, 0.15) is 26.2 Å². The molecular weight excluding hydrogens is 104 g/mol. The van der Waals surface area contributed by atoms with Crippen molar-refractivity contribution < 1.29 is 4.79 Å². The van der Waals surface area contributed by atoms with Crippen LogP contribution in [-0.4, -0.2) is 5.91 Å². The monoisotopic (exact) mass is 116 g/mol. The van der Waals surface area contributed by atoms with Gasteiger partial charge >= 0.3 is 0 Å². The van der Waals surface area contributed by atoms with Gasteiger partial charge in [-0.05, 0) is 6.42 Å². The Morgan fingerprint density at radius 2 is 2.38 bits per heavy atom. The Balaban J connectivity index is 2.99. The van der Waals surface area contributed by atoms with Crippen molar-refractivity contribution in [3.8, 4) is 0 Å². The summed E-state index contributed by atoms with van der Waals surface area (Å²) in [6.07, 6.45) is 2.50. The molecule has 0 radical (unpaired) electrons. The van der Waals surface area contributed by atoms with Gasteiger partial charge in [-0.1, -0.05) is 13.3 Å². The van der Waals surface area contributed by atoms with Crippen LogP contribution < -0.4 is 11.3 Å². The molecule has 0 heterocycles. The number of hydrogen-bond acceptors (Lipinski definition) is 2. The van der Waals surface area contributed by atoms with E-state index in [1.165, 1.54) is 0 Å². The molecule has 0 aromatic carbocycles. The van der Waals surface area contributed by atoms with Crippen LogP contribution in [-0.2, 0) is 4.79 Å². The Morgan fingerprint density at radius 3 is 2.75 bits per heavy atom. The molecule has 8 heavy (non-hydrogen) atoms. The molecule has 0 rings (SSSR count). The summed E-state index contributed by atoms with van der Waals surface area (Å²) in [6.45, 7) is 2.03. The smallest absolute Gasteiger partial charge is 0.233 e. The van der Waals surface area contributed by atoms with E-state index in [2.05, 4.69) is 5.43 Å². The van der Waals surface area contributed by atoms with Crippen molar-refractivity contribution in [1.82, 2.24) is 5.43 Å². The van der Waals surface area contributed by atoms with Gasteiger partial charge in [0.15, 0.2) is 0 Å². The zero-order chi connectivity index (χ0) is 6.41. The third-order valence-electron chi connectivity index (χ3n) is 0.918. The highest BCUT2D eigenvalue weighted by atomic mass is 16.2. The van der Waals surface area contributed by atoms with Crippen LogP contribution in [0.4, 0.5) is 0 Å². The highest BCUT2D eigenvalue weighted by Gasteiger charge is 1.93. The van der Waals surface area contributed by atoms with Crippen LogP contribution >= 0.6 is 0 Å². The minimum atomic E-state index is -0.0770. The quantitative estimate of drug-likeness (QED) is 0.313. The average molecular weight is 116 g/mol. The molecule has 3 N–H and O–H groups in total. The fraction of sp³-hybridized carbons (Fsp3) is 0.800. The molecule has 48 valence electrons. The molecule has 0 saturated heterocycles. The lowest BCUT2D eigenvalue weighted by Gasteiger charge is -1.93. The second-order valence-electron chi connectivity index (χ2n) is 1.67. The van der Waals surface area contributed by atoms with Gasteiger partial charge in [-0.3, -0.25) is 10.2 Å². The summed E-state index contributed by atoms with van der Waals surface area (Å²) >= 11 is 0. The van der Waals surface area contributed by atoms with E-state index < -0.39 is 0 Å². The second-order valence-corrected chi connectivity index (χ2v) is 1.67. The number of amides is 1. The number of hydrogen-bond donors (Lipinski definition) is 2. The third-order valence-corrected chi connectivity index (χ3v) is 0.918. The maximum Gasteiger partial charge on any atom is 0.233 e. The molecule has 0 atom stereocenters. The van der Waals surface area contributed by atoms with Crippen molar-refractivity contribution in [2.24, 2.45) is 5.84 Å². The zero-order valence-corrected chi connectivity index (χ0v) is 5.11. The van der Waals surface area contributed by atoms with Crippen molar-refractivity contribution in [1.29, 1.82) is 0 Å². The third kappa shape index (κ3) is 3.61. The van der Waals surface area contributed by atoms with Gasteiger partial charge in [0.05, 0.1) is 0 Å². The predicted molar refractivity (Wildman–Crippen MR) is 31.9 cm³/mol. The molecule has 0 saturated carbocycles. The minimum Gasteiger partial charge on any atom is -0.294 e. The minimum absolute atomic E-state index is 0.0770. The van der Waals surface area contributed by atoms with E-state index in [1.54, 1.807) is 0 Å². The maximum atomic E-state index is 10.3. The van der Waals surface area contributed by atoms with E-state index in [0.717, 1.165) is 12.8 Å². The molecule has 0 aromatic heterocycles. The SMILES string of the molecule is CCCCC(=O)NN. The first-order valence-electron chi connectivity index (χ1n) is 2.80. The van der Waals surface area contributed by atoms with Crippen LogP contribution in [0.25, 0.3) is 0 Å². The number of carbonyl (C=O) groups excluding carboxylic acids is 1. The number of rotatable bonds is 3. The van der Waals surface area contributed by atoms with E-state index in [4.69, 9.17) is 5.84 Å². The van der Waals surface area contributed by atoms with Gasteiger partial charge in [-0.15, -0.1) is 0 Å². The molecule has 0 aliphatic heterocycles. The van der Waals surface area contributed by atoms with E-state index in [0.29, 0.717) is 6.42 Å². The summed E-state index contributed by atoms with van der Waals surface area (Å²) < 4.78 is 0. The fourth-order valence-electron chi connectivity index (χ4n) is 0.410. The number of unbranched alkanes of at least 4 members (excludes halogenated alkanes) is 1. The lowest BCUT2D eigenvalue weighted by molar-refractivity contribution is -0.121. The molecule has 0 aliphatic carbocycles. The van der Waals surface area contributed by atoms with Crippen LogP contribution in [0, 0.1) is 0 Å². The van der Waals surface area contributed by atoms with Crippen molar-refractivity contribution in [3.05, 3.63) is 0 Å². The first-order chi connectivity index (χ1) is 3.81. The first kappa shape index (κ1) is 7.43. The van der Waals surface area contributed by atoms with Gasteiger partial charge < -0.3 is 0 Å². The van der Waals surface area contributed by atoms with Crippen LogP contribution in [0.2, 0.25) is 0 Å². The van der Waals surface area contributed by atoms with Gasteiger partial charge in [0.25, 0.3) is 0 Å². The standard InChI is InChI=1S/C5H12N2O/c1-2-3-4-5(8)7-6/h2-4,6H2,1H3,(H,7,8). The molecule has 0 aromatic rings. The van der Waals surface area contributed by atoms with Crippen molar-refractivity contribution in [2.75, 3.05) is 0 Å². The summed E-state index contributed by atoms with van der Waals surface area (Å²) in [5.74, 6) is 4.74. The topological polar surface area (TPSA) is 55.1 Å². The molecule has 0 aliphatic rings. The molecule has 0 unspecified atom stereocenters. The van der Waals surface area contributed by atoms with Crippen molar-refractivity contribution >= 4 is 5.91 Å². The average Bonchev–Trinajstić information content (AvgIpc) is 1.83. The summed E-state index contributed by atoms with van der Waals surface area (Å²) in [5.41, 5.74) is 2.06. The second kappa shape index (κ2) is 4.59. The predicted octanol–water partition coefficient (Wildman–Crippen LogP) is 0.167. The van der Waals surface area contributed by atoms with Crippen LogP contribution in [0.15, 0.2) is 0 Å². The van der Waals surface area contributed by atoms with E-state index in [-0.39, 0.29) is 5.91 Å². The van der Waals surface area contributed by atoms with Crippen molar-refractivity contribution in [2.45, 2.75) is 26.2 Å². The molecule has 3 nitrogen and oxygen atoms in total. The Labute approximate surface area is 49.2 Å². The van der Waals surface area contributed by atoms with Gasteiger partial charge in [0, 0.05) is 6.42 Å². The van der Waals surface area contributed by atoms with Gasteiger partial charge in [0.2, 0.25) is 5.91 Å². The Kier molecular flexibility index (Phi) is 4.26. The first-order valence-corrected chi connectivity index (χ1v) is 2.80. The lowest BCUT2D eigenvalue weighted by atomic mass is 10.2. The van der Waals surface area contributed by atoms with E-state index in [1.807, 2.05) is 6.92 Å². The number of nitrogens with two attached hydrogens (primary N) is 1. The number of carbonyl (C=O) groups is 1. The lowest BCUT2D eigenvalue weighted by Crippen LogP contribution is -2.29. The zero-order valence-electron chi connectivity index (χ0n) is 5.11.